The van der Waals surface area contributed by atoms with Crippen molar-refractivity contribution in [1.29, 1.82) is 0 Å². The molecule has 17 heavy (non-hydrogen) atoms. The Hall–Kier alpha value is -1.62. The van der Waals surface area contributed by atoms with Crippen LogP contribution in [0.15, 0.2) is 18.2 Å². The van der Waals surface area contributed by atoms with E-state index in [1.165, 1.54) is 12.1 Å². The van der Waals surface area contributed by atoms with Crippen molar-refractivity contribution in [2.24, 2.45) is 0 Å². The van der Waals surface area contributed by atoms with Gasteiger partial charge in [0.1, 0.15) is 5.82 Å². The summed E-state index contributed by atoms with van der Waals surface area (Å²) in [4.78, 5) is 13.8. The lowest BCUT2D eigenvalue weighted by atomic mass is 10.1. The van der Waals surface area contributed by atoms with Crippen molar-refractivity contribution in [2.75, 3.05) is 32.4 Å². The van der Waals surface area contributed by atoms with E-state index in [0.717, 1.165) is 19.2 Å². The van der Waals surface area contributed by atoms with E-state index in [-0.39, 0.29) is 17.2 Å². The summed E-state index contributed by atoms with van der Waals surface area (Å²) in [5.74, 6) is -0.804. The van der Waals surface area contributed by atoms with Crippen LogP contribution < -0.4 is 11.1 Å². The standard InChI is InChI=1S/C12H18FN3O/c1-3-16(2)7-6-15-12(17)10-8-9(13)4-5-11(10)14/h4-5,8H,3,6-7,14H2,1-2H3,(H,15,17). The number of hydrogen-bond acceptors (Lipinski definition) is 3. The molecule has 1 aromatic carbocycles. The molecule has 0 saturated heterocycles. The summed E-state index contributed by atoms with van der Waals surface area (Å²) >= 11 is 0. The van der Waals surface area contributed by atoms with Gasteiger partial charge in [-0.1, -0.05) is 6.92 Å². The molecule has 0 aliphatic carbocycles. The number of amides is 1. The number of nitrogens with two attached hydrogens (primary N) is 1. The van der Waals surface area contributed by atoms with Crippen LogP contribution in [0.3, 0.4) is 0 Å². The topological polar surface area (TPSA) is 58.4 Å². The SMILES string of the molecule is CCN(C)CCNC(=O)c1cc(F)ccc1N. The molecule has 0 unspecified atom stereocenters. The van der Waals surface area contributed by atoms with Crippen molar-refractivity contribution in [3.05, 3.63) is 29.6 Å². The third-order valence-corrected chi connectivity index (χ3v) is 2.58. The van der Waals surface area contributed by atoms with Crippen LogP contribution in [0, 0.1) is 5.82 Å². The Morgan fingerprint density at radius 1 is 1.53 bits per heavy atom. The van der Waals surface area contributed by atoms with Crippen LogP contribution in [0.2, 0.25) is 0 Å². The summed E-state index contributed by atoms with van der Waals surface area (Å²) in [5, 5.41) is 2.70. The largest absolute Gasteiger partial charge is 0.398 e. The second-order valence-electron chi connectivity index (χ2n) is 3.88. The molecule has 0 atom stereocenters. The van der Waals surface area contributed by atoms with Crippen molar-refractivity contribution < 1.29 is 9.18 Å². The monoisotopic (exact) mass is 239 g/mol. The fraction of sp³-hybridized carbons (Fsp3) is 0.417. The van der Waals surface area contributed by atoms with E-state index in [0.29, 0.717) is 6.54 Å². The zero-order valence-corrected chi connectivity index (χ0v) is 10.2. The van der Waals surface area contributed by atoms with Crippen LogP contribution in [-0.4, -0.2) is 37.5 Å². The van der Waals surface area contributed by atoms with Gasteiger partial charge in [-0.15, -0.1) is 0 Å². The number of hydrogen-bond donors (Lipinski definition) is 2. The first-order chi connectivity index (χ1) is 8.04. The molecule has 1 rings (SSSR count). The van der Waals surface area contributed by atoms with Gasteiger partial charge in [0, 0.05) is 18.8 Å². The van der Waals surface area contributed by atoms with Crippen LogP contribution >= 0.6 is 0 Å². The van der Waals surface area contributed by atoms with Crippen molar-refractivity contribution >= 4 is 11.6 Å². The Morgan fingerprint density at radius 3 is 2.88 bits per heavy atom. The summed E-state index contributed by atoms with van der Waals surface area (Å²) < 4.78 is 13.0. The first kappa shape index (κ1) is 13.4. The van der Waals surface area contributed by atoms with Crippen LogP contribution in [0.5, 0.6) is 0 Å². The van der Waals surface area contributed by atoms with Gasteiger partial charge in [0.2, 0.25) is 0 Å². The third-order valence-electron chi connectivity index (χ3n) is 2.58. The molecule has 0 aromatic heterocycles. The van der Waals surface area contributed by atoms with Gasteiger partial charge in [-0.25, -0.2) is 4.39 Å². The Balaban J connectivity index is 2.55. The highest BCUT2D eigenvalue weighted by molar-refractivity contribution is 5.99. The molecule has 1 amide bonds. The molecule has 0 bridgehead atoms. The molecule has 0 aliphatic heterocycles. The van der Waals surface area contributed by atoms with Crippen molar-refractivity contribution in [3.63, 3.8) is 0 Å². The van der Waals surface area contributed by atoms with Crippen LogP contribution in [0.1, 0.15) is 17.3 Å². The number of halogens is 1. The third kappa shape index (κ3) is 4.03. The number of carbonyl (C=O) groups excluding carboxylic acids is 1. The Bertz CT molecular complexity index is 395. The van der Waals surface area contributed by atoms with Crippen LogP contribution in [-0.2, 0) is 0 Å². The maximum Gasteiger partial charge on any atom is 0.253 e. The zero-order chi connectivity index (χ0) is 12.8. The minimum Gasteiger partial charge on any atom is -0.398 e. The van der Waals surface area contributed by atoms with E-state index in [4.69, 9.17) is 5.73 Å². The van der Waals surface area contributed by atoms with Crippen molar-refractivity contribution in [3.8, 4) is 0 Å². The van der Waals surface area contributed by atoms with Gasteiger partial charge in [0.25, 0.3) is 5.91 Å². The molecule has 0 aliphatic rings. The molecule has 94 valence electrons. The summed E-state index contributed by atoms with van der Waals surface area (Å²) in [6.07, 6.45) is 0. The summed E-state index contributed by atoms with van der Waals surface area (Å²) in [7, 11) is 1.96. The predicted molar refractivity (Wildman–Crippen MR) is 66.3 cm³/mol. The average Bonchev–Trinajstić information content (AvgIpc) is 2.31. The van der Waals surface area contributed by atoms with E-state index < -0.39 is 5.82 Å². The molecule has 0 heterocycles. The molecule has 3 N–H and O–H groups in total. The first-order valence-electron chi connectivity index (χ1n) is 5.56. The second-order valence-corrected chi connectivity index (χ2v) is 3.88. The first-order valence-corrected chi connectivity index (χ1v) is 5.56. The normalized spacial score (nSPS) is 10.6. The van der Waals surface area contributed by atoms with Gasteiger partial charge >= 0.3 is 0 Å². The number of benzene rings is 1. The van der Waals surface area contributed by atoms with Gasteiger partial charge < -0.3 is 16.0 Å². The van der Waals surface area contributed by atoms with Crippen LogP contribution in [0.25, 0.3) is 0 Å². The number of rotatable bonds is 5. The number of likely N-dealkylation sites (N-methyl/N-ethyl adjacent to an activating group) is 1. The fourth-order valence-corrected chi connectivity index (χ4v) is 1.34. The van der Waals surface area contributed by atoms with Crippen molar-refractivity contribution in [2.45, 2.75) is 6.92 Å². The second kappa shape index (κ2) is 6.20. The zero-order valence-electron chi connectivity index (χ0n) is 10.2. The average molecular weight is 239 g/mol. The van der Waals surface area contributed by atoms with Gasteiger partial charge in [0.05, 0.1) is 5.56 Å². The Kier molecular flexibility index (Phi) is 4.90. The molecule has 5 heteroatoms. The number of nitrogens with one attached hydrogen (secondary N) is 1. The minimum absolute atomic E-state index is 0.184. The molecule has 4 nitrogen and oxygen atoms in total. The smallest absolute Gasteiger partial charge is 0.253 e. The highest BCUT2D eigenvalue weighted by Gasteiger charge is 2.10. The maximum absolute atomic E-state index is 13.0. The van der Waals surface area contributed by atoms with Gasteiger partial charge in [0.15, 0.2) is 0 Å². The predicted octanol–water partition coefficient (Wildman–Crippen LogP) is 1.09. The number of nitrogens with zero attached hydrogens (tertiary/aromatic N) is 1. The lowest BCUT2D eigenvalue weighted by molar-refractivity contribution is 0.0950. The summed E-state index contributed by atoms with van der Waals surface area (Å²) in [6, 6.07) is 3.77. The van der Waals surface area contributed by atoms with Gasteiger partial charge in [-0.3, -0.25) is 4.79 Å². The van der Waals surface area contributed by atoms with Gasteiger partial charge in [-0.2, -0.15) is 0 Å². The number of anilines is 1. The Morgan fingerprint density at radius 2 is 2.24 bits per heavy atom. The summed E-state index contributed by atoms with van der Waals surface area (Å²) in [5.41, 5.74) is 6.08. The highest BCUT2D eigenvalue weighted by Crippen LogP contribution is 2.12. The minimum atomic E-state index is -0.463. The van der Waals surface area contributed by atoms with E-state index >= 15 is 0 Å². The van der Waals surface area contributed by atoms with Crippen molar-refractivity contribution in [1.82, 2.24) is 10.2 Å². The van der Waals surface area contributed by atoms with Gasteiger partial charge in [-0.05, 0) is 31.8 Å². The van der Waals surface area contributed by atoms with E-state index in [2.05, 4.69) is 10.2 Å². The maximum atomic E-state index is 13.0. The molecule has 0 fully saturated rings. The molecule has 0 saturated carbocycles. The molecule has 0 radical (unpaired) electrons. The molecule has 1 aromatic rings. The number of carbonyl (C=O) groups is 1. The molecular formula is C12H18FN3O. The molecular weight excluding hydrogens is 221 g/mol. The lowest BCUT2D eigenvalue weighted by Gasteiger charge is -2.14. The van der Waals surface area contributed by atoms with E-state index in [9.17, 15) is 9.18 Å². The van der Waals surface area contributed by atoms with Crippen LogP contribution in [0.4, 0.5) is 10.1 Å². The quantitative estimate of drug-likeness (QED) is 0.756. The highest BCUT2D eigenvalue weighted by atomic mass is 19.1. The summed E-state index contributed by atoms with van der Waals surface area (Å²) in [6.45, 7) is 4.21. The van der Waals surface area contributed by atoms with E-state index in [1.807, 2.05) is 14.0 Å². The molecule has 0 spiro atoms. The lowest BCUT2D eigenvalue weighted by Crippen LogP contribution is -2.33. The number of nitrogen functional groups attached to an aromatic ring is 1. The Labute approximate surface area is 101 Å². The van der Waals surface area contributed by atoms with E-state index in [1.54, 1.807) is 0 Å². The fourth-order valence-electron chi connectivity index (χ4n) is 1.34.